The van der Waals surface area contributed by atoms with Gasteiger partial charge in [0.05, 0.1) is 0 Å². The third-order valence-corrected chi connectivity index (χ3v) is 5.11. The number of piperazine rings is 1. The van der Waals surface area contributed by atoms with Crippen molar-refractivity contribution in [1.82, 2.24) is 20.0 Å². The van der Waals surface area contributed by atoms with Crippen LogP contribution in [-0.2, 0) is 13.0 Å². The van der Waals surface area contributed by atoms with Crippen LogP contribution in [0.15, 0.2) is 36.4 Å². The average molecular weight is 337 g/mol. The summed E-state index contributed by atoms with van der Waals surface area (Å²) in [5, 5.41) is 8.51. The van der Waals surface area contributed by atoms with Crippen molar-refractivity contribution in [2.24, 2.45) is 0 Å². The predicted molar refractivity (Wildman–Crippen MR) is 96.6 cm³/mol. The fraction of sp³-hybridized carbons (Fsp3) is 0.421. The number of carbonyl (C=O) groups is 1. The molecule has 6 nitrogen and oxygen atoms in total. The van der Waals surface area contributed by atoms with E-state index >= 15 is 0 Å². The number of benzene rings is 1. The second kappa shape index (κ2) is 6.80. The van der Waals surface area contributed by atoms with Crippen molar-refractivity contribution in [3.05, 3.63) is 53.2 Å². The first-order valence-corrected chi connectivity index (χ1v) is 8.84. The van der Waals surface area contributed by atoms with Gasteiger partial charge < -0.3 is 14.7 Å². The minimum atomic E-state index is -0.0352. The molecule has 0 radical (unpaired) electrons. The summed E-state index contributed by atoms with van der Waals surface area (Å²) in [6.07, 6.45) is 0.898. The smallest absolute Gasteiger partial charge is 0.274 e. The largest absolute Gasteiger partial charge is 0.353 e. The van der Waals surface area contributed by atoms with E-state index in [1.54, 1.807) is 0 Å². The first-order valence-electron chi connectivity index (χ1n) is 8.84. The fourth-order valence-electron chi connectivity index (χ4n) is 3.47. The number of nitrogens with zero attached hydrogens (tertiary/aromatic N) is 5. The van der Waals surface area contributed by atoms with Gasteiger partial charge in [-0.05, 0) is 36.7 Å². The summed E-state index contributed by atoms with van der Waals surface area (Å²) in [5.74, 6) is 0.820. The average Bonchev–Trinajstić information content (AvgIpc) is 2.68. The van der Waals surface area contributed by atoms with Crippen molar-refractivity contribution in [2.45, 2.75) is 13.0 Å². The van der Waals surface area contributed by atoms with Gasteiger partial charge >= 0.3 is 0 Å². The van der Waals surface area contributed by atoms with E-state index in [0.29, 0.717) is 12.2 Å². The third-order valence-electron chi connectivity index (χ3n) is 5.11. The Kier molecular flexibility index (Phi) is 4.36. The Labute approximate surface area is 148 Å². The summed E-state index contributed by atoms with van der Waals surface area (Å²) in [4.78, 5) is 19.1. The molecule has 2 aromatic rings. The second-order valence-corrected chi connectivity index (χ2v) is 6.81. The molecule has 2 aliphatic rings. The van der Waals surface area contributed by atoms with E-state index < -0.39 is 0 Å². The Morgan fingerprint density at radius 2 is 1.68 bits per heavy atom. The van der Waals surface area contributed by atoms with Crippen molar-refractivity contribution in [3.8, 4) is 0 Å². The van der Waals surface area contributed by atoms with Gasteiger partial charge in [-0.3, -0.25) is 4.79 Å². The van der Waals surface area contributed by atoms with Crippen LogP contribution in [0.2, 0.25) is 0 Å². The molecule has 1 amide bonds. The molecule has 1 aromatic carbocycles. The molecule has 1 aromatic heterocycles. The molecule has 1 saturated heterocycles. The number of amides is 1. The Morgan fingerprint density at radius 3 is 2.40 bits per heavy atom. The quantitative estimate of drug-likeness (QED) is 0.830. The Balaban J connectivity index is 1.44. The second-order valence-electron chi connectivity index (χ2n) is 6.81. The lowest BCUT2D eigenvalue weighted by Crippen LogP contribution is -2.45. The number of likely N-dealkylation sites (N-methyl/N-ethyl adjacent to an activating group) is 1. The number of hydrogen-bond donors (Lipinski definition) is 0. The van der Waals surface area contributed by atoms with Gasteiger partial charge in [0.2, 0.25) is 0 Å². The zero-order valence-electron chi connectivity index (χ0n) is 14.6. The molecule has 4 rings (SSSR count). The Morgan fingerprint density at radius 1 is 0.920 bits per heavy atom. The summed E-state index contributed by atoms with van der Waals surface area (Å²) < 4.78 is 0. The molecule has 0 aliphatic carbocycles. The molecular weight excluding hydrogens is 314 g/mol. The molecule has 0 bridgehead atoms. The monoisotopic (exact) mass is 337 g/mol. The van der Waals surface area contributed by atoms with Gasteiger partial charge in [-0.1, -0.05) is 24.3 Å². The highest BCUT2D eigenvalue weighted by atomic mass is 16.2. The molecule has 0 unspecified atom stereocenters. The maximum atomic E-state index is 12.7. The van der Waals surface area contributed by atoms with Gasteiger partial charge in [0.15, 0.2) is 11.5 Å². The summed E-state index contributed by atoms with van der Waals surface area (Å²) >= 11 is 0. The number of anilines is 1. The molecule has 1 fully saturated rings. The van der Waals surface area contributed by atoms with Gasteiger partial charge in [0.1, 0.15) is 0 Å². The number of hydrogen-bond acceptors (Lipinski definition) is 5. The lowest BCUT2D eigenvalue weighted by atomic mass is 10.00. The van der Waals surface area contributed by atoms with Crippen LogP contribution >= 0.6 is 0 Å². The molecule has 2 aliphatic heterocycles. The number of aromatic nitrogens is 2. The van der Waals surface area contributed by atoms with E-state index in [1.165, 1.54) is 11.1 Å². The zero-order chi connectivity index (χ0) is 17.2. The first-order chi connectivity index (χ1) is 12.2. The van der Waals surface area contributed by atoms with Crippen LogP contribution in [0.5, 0.6) is 0 Å². The minimum Gasteiger partial charge on any atom is -0.353 e. The van der Waals surface area contributed by atoms with Crippen molar-refractivity contribution in [2.75, 3.05) is 44.7 Å². The van der Waals surface area contributed by atoms with Gasteiger partial charge in [-0.2, -0.15) is 0 Å². The maximum Gasteiger partial charge on any atom is 0.274 e. The normalized spacial score (nSPS) is 18.1. The van der Waals surface area contributed by atoms with Gasteiger partial charge in [-0.15, -0.1) is 10.2 Å². The number of fused-ring (bicyclic) bond motifs is 1. The highest BCUT2D eigenvalue weighted by Gasteiger charge is 2.23. The Bertz CT molecular complexity index is 753. The topological polar surface area (TPSA) is 52.6 Å². The SMILES string of the molecule is CN1CCN(c2ccc(C(=O)N3CCc4ccccc4C3)nn2)CC1. The molecule has 3 heterocycles. The molecule has 0 N–H and O–H groups in total. The van der Waals surface area contributed by atoms with E-state index in [9.17, 15) is 4.79 Å². The van der Waals surface area contributed by atoms with Crippen molar-refractivity contribution in [1.29, 1.82) is 0 Å². The van der Waals surface area contributed by atoms with E-state index in [0.717, 1.165) is 45.0 Å². The maximum absolute atomic E-state index is 12.7. The van der Waals surface area contributed by atoms with E-state index in [4.69, 9.17) is 0 Å². The number of carbonyl (C=O) groups excluding carboxylic acids is 1. The molecule has 0 saturated carbocycles. The van der Waals surface area contributed by atoms with E-state index in [1.807, 2.05) is 23.1 Å². The number of rotatable bonds is 2. The first kappa shape index (κ1) is 16.0. The predicted octanol–water partition coefficient (Wildman–Crippen LogP) is 1.43. The van der Waals surface area contributed by atoms with Gasteiger partial charge in [-0.25, -0.2) is 0 Å². The van der Waals surface area contributed by atoms with Crippen LogP contribution in [0.1, 0.15) is 21.6 Å². The van der Waals surface area contributed by atoms with Crippen LogP contribution in [0.25, 0.3) is 0 Å². The standard InChI is InChI=1S/C19H23N5O/c1-22-10-12-23(13-11-22)18-7-6-17(20-21-18)19(25)24-9-8-15-4-2-3-5-16(15)14-24/h2-7H,8-14H2,1H3. The molecule has 0 atom stereocenters. The summed E-state index contributed by atoms with van der Waals surface area (Å²) in [6.45, 7) is 5.32. The molecule has 0 spiro atoms. The highest BCUT2D eigenvalue weighted by molar-refractivity contribution is 5.92. The third kappa shape index (κ3) is 3.35. The Hall–Kier alpha value is -2.47. The molecule has 25 heavy (non-hydrogen) atoms. The molecule has 6 heteroatoms. The van der Waals surface area contributed by atoms with Gasteiger partial charge in [0.25, 0.3) is 5.91 Å². The van der Waals surface area contributed by atoms with Crippen LogP contribution in [-0.4, -0.2) is 65.7 Å². The fourth-order valence-corrected chi connectivity index (χ4v) is 3.47. The lowest BCUT2D eigenvalue weighted by Gasteiger charge is -2.33. The molecular formula is C19H23N5O. The minimum absolute atomic E-state index is 0.0352. The summed E-state index contributed by atoms with van der Waals surface area (Å²) in [5.41, 5.74) is 2.99. The van der Waals surface area contributed by atoms with Crippen molar-refractivity contribution in [3.63, 3.8) is 0 Å². The highest BCUT2D eigenvalue weighted by Crippen LogP contribution is 2.20. The summed E-state index contributed by atoms with van der Waals surface area (Å²) in [7, 11) is 2.13. The summed E-state index contributed by atoms with van der Waals surface area (Å²) in [6, 6.07) is 12.0. The van der Waals surface area contributed by atoms with Crippen LogP contribution in [0.3, 0.4) is 0 Å². The van der Waals surface area contributed by atoms with E-state index in [-0.39, 0.29) is 5.91 Å². The van der Waals surface area contributed by atoms with Gasteiger partial charge in [0, 0.05) is 39.3 Å². The van der Waals surface area contributed by atoms with Crippen molar-refractivity contribution < 1.29 is 4.79 Å². The zero-order valence-corrected chi connectivity index (χ0v) is 14.6. The van der Waals surface area contributed by atoms with E-state index in [2.05, 4.69) is 45.2 Å². The van der Waals surface area contributed by atoms with Crippen molar-refractivity contribution >= 4 is 11.7 Å². The van der Waals surface area contributed by atoms with Crippen LogP contribution in [0, 0.1) is 0 Å². The van der Waals surface area contributed by atoms with Crippen LogP contribution < -0.4 is 4.90 Å². The van der Waals surface area contributed by atoms with Crippen LogP contribution in [0.4, 0.5) is 5.82 Å². The molecule has 130 valence electrons. The lowest BCUT2D eigenvalue weighted by molar-refractivity contribution is 0.0727.